The number of carbonyl (C=O) groups excluding carboxylic acids is 1. The monoisotopic (exact) mass is 548 g/mol. The minimum atomic E-state index is -0.117. The third-order valence-corrected chi connectivity index (χ3v) is 11.5. The van der Waals surface area contributed by atoms with E-state index in [1.54, 1.807) is 14.2 Å². The molecule has 2 aliphatic heterocycles. The van der Waals surface area contributed by atoms with Crippen LogP contribution in [0.3, 0.4) is 0 Å². The number of nitrogens with zero attached hydrogens (tertiary/aromatic N) is 1. The number of hydrogen-bond acceptors (Lipinski definition) is 5. The summed E-state index contributed by atoms with van der Waals surface area (Å²) in [4.78, 5) is 15.8. The summed E-state index contributed by atoms with van der Waals surface area (Å²) in [5.74, 6) is 2.84. The molecule has 4 fully saturated rings. The van der Waals surface area contributed by atoms with E-state index >= 15 is 0 Å². The van der Waals surface area contributed by atoms with Crippen molar-refractivity contribution in [1.82, 2.24) is 10.2 Å². The first-order chi connectivity index (χ1) is 19.2. The highest BCUT2D eigenvalue weighted by molar-refractivity contribution is 5.77. The standard InChI is InChI=1S/C34H48N2O4/c1-31-16-23-17-32(2,20-31)22-33(18-23,21-31)35-28(37)7-5-6-13-36-14-12-34-11-10-25(38-3)15-27(34)40-30-26(39-4)9-8-24(19-36)29(30)34/h8-11,23,25,27H,5-7,12-22H2,1-4H3,(H,35,37)/t23?,25-,27-,31?,32?,33?,34-/m0/s1. The molecule has 218 valence electrons. The van der Waals surface area contributed by atoms with E-state index in [2.05, 4.69) is 48.3 Å². The topological polar surface area (TPSA) is 60.0 Å². The summed E-state index contributed by atoms with van der Waals surface area (Å²) < 4.78 is 18.0. The highest BCUT2D eigenvalue weighted by Crippen LogP contribution is 2.66. The Morgan fingerprint density at radius 2 is 1.90 bits per heavy atom. The molecule has 8 rings (SSSR count). The molecule has 5 aliphatic carbocycles. The lowest BCUT2D eigenvalue weighted by atomic mass is 9.43. The zero-order valence-corrected chi connectivity index (χ0v) is 25.0. The summed E-state index contributed by atoms with van der Waals surface area (Å²) in [6, 6.07) is 4.30. The lowest BCUT2D eigenvalue weighted by Gasteiger charge is -2.65. The van der Waals surface area contributed by atoms with Gasteiger partial charge in [0.15, 0.2) is 11.5 Å². The van der Waals surface area contributed by atoms with Gasteiger partial charge in [-0.3, -0.25) is 9.69 Å². The average molecular weight is 549 g/mol. The minimum absolute atomic E-state index is 0.0588. The van der Waals surface area contributed by atoms with Gasteiger partial charge in [-0.05, 0) is 99.3 Å². The van der Waals surface area contributed by atoms with Gasteiger partial charge in [0.25, 0.3) is 0 Å². The molecule has 1 aromatic rings. The number of methoxy groups -OCH3 is 2. The fourth-order valence-electron chi connectivity index (χ4n) is 10.9. The zero-order chi connectivity index (χ0) is 27.8. The molecule has 1 aromatic carbocycles. The number of rotatable bonds is 8. The molecule has 40 heavy (non-hydrogen) atoms. The number of unbranched alkanes of at least 4 members (excludes halogenated alkanes) is 1. The maximum atomic E-state index is 13.2. The van der Waals surface area contributed by atoms with E-state index in [0.29, 0.717) is 17.3 Å². The van der Waals surface area contributed by atoms with E-state index < -0.39 is 0 Å². The van der Waals surface area contributed by atoms with Crippen molar-refractivity contribution in [3.8, 4) is 11.5 Å². The molecule has 4 bridgehead atoms. The van der Waals surface area contributed by atoms with Crippen molar-refractivity contribution >= 4 is 5.91 Å². The lowest BCUT2D eigenvalue weighted by Crippen LogP contribution is -2.65. The first-order valence-corrected chi connectivity index (χ1v) is 15.8. The van der Waals surface area contributed by atoms with Crippen LogP contribution in [0.1, 0.15) is 95.6 Å². The molecule has 1 amide bonds. The summed E-state index contributed by atoms with van der Waals surface area (Å²) >= 11 is 0. The Balaban J connectivity index is 0.979. The Morgan fingerprint density at radius 3 is 2.62 bits per heavy atom. The van der Waals surface area contributed by atoms with Crippen LogP contribution in [-0.4, -0.2) is 55.9 Å². The number of amides is 1. The van der Waals surface area contributed by atoms with Crippen LogP contribution < -0.4 is 14.8 Å². The number of carbonyl (C=O) groups is 1. The zero-order valence-electron chi connectivity index (χ0n) is 25.0. The summed E-state index contributed by atoms with van der Waals surface area (Å²) in [7, 11) is 3.51. The second kappa shape index (κ2) is 9.49. The second-order valence-corrected chi connectivity index (χ2v) is 15.1. The Labute approximate surface area is 240 Å². The van der Waals surface area contributed by atoms with Crippen LogP contribution in [0.2, 0.25) is 0 Å². The van der Waals surface area contributed by atoms with E-state index in [-0.39, 0.29) is 29.1 Å². The predicted octanol–water partition coefficient (Wildman–Crippen LogP) is 5.91. The van der Waals surface area contributed by atoms with E-state index in [1.165, 1.54) is 49.7 Å². The van der Waals surface area contributed by atoms with Gasteiger partial charge in [-0.1, -0.05) is 32.1 Å². The molecular formula is C34H48N2O4. The van der Waals surface area contributed by atoms with Gasteiger partial charge in [-0.15, -0.1) is 0 Å². The molecule has 0 radical (unpaired) electrons. The van der Waals surface area contributed by atoms with Crippen LogP contribution in [0.4, 0.5) is 0 Å². The number of hydrogen-bond donors (Lipinski definition) is 1. The van der Waals surface area contributed by atoms with Gasteiger partial charge in [0, 0.05) is 37.6 Å². The van der Waals surface area contributed by atoms with Gasteiger partial charge in [0.1, 0.15) is 6.10 Å². The molecule has 0 saturated heterocycles. The molecule has 1 spiro atoms. The molecule has 7 aliphatic rings. The average Bonchev–Trinajstić information content (AvgIpc) is 3.13. The first-order valence-electron chi connectivity index (χ1n) is 15.8. The highest BCUT2D eigenvalue weighted by Gasteiger charge is 2.60. The predicted molar refractivity (Wildman–Crippen MR) is 156 cm³/mol. The van der Waals surface area contributed by atoms with Crippen molar-refractivity contribution in [1.29, 1.82) is 0 Å². The van der Waals surface area contributed by atoms with Gasteiger partial charge >= 0.3 is 0 Å². The van der Waals surface area contributed by atoms with E-state index in [1.807, 2.05) is 0 Å². The van der Waals surface area contributed by atoms with Gasteiger partial charge in [0.05, 0.1) is 18.6 Å². The molecule has 2 unspecified atom stereocenters. The molecule has 6 nitrogen and oxygen atoms in total. The SMILES string of the molecule is COc1ccc2c3c1O[C@H]1C[C@@H](OC)C=C[C@@]31CCN(CCCCC(=O)NC13CC4CC(C)(CC(C)(C4)C1)C3)C2. The van der Waals surface area contributed by atoms with Crippen molar-refractivity contribution in [3.05, 3.63) is 35.4 Å². The Kier molecular flexibility index (Phi) is 6.36. The largest absolute Gasteiger partial charge is 0.493 e. The van der Waals surface area contributed by atoms with Crippen LogP contribution in [0.5, 0.6) is 11.5 Å². The van der Waals surface area contributed by atoms with Crippen LogP contribution in [-0.2, 0) is 21.5 Å². The quantitative estimate of drug-likeness (QED) is 0.323. The van der Waals surface area contributed by atoms with Gasteiger partial charge in [-0.25, -0.2) is 0 Å². The normalized spacial score (nSPS) is 40.8. The van der Waals surface area contributed by atoms with E-state index in [0.717, 1.165) is 62.7 Å². The summed E-state index contributed by atoms with van der Waals surface area (Å²) in [5, 5.41) is 3.61. The third-order valence-electron chi connectivity index (χ3n) is 11.5. The summed E-state index contributed by atoms with van der Waals surface area (Å²) in [6.45, 7) is 7.91. The third kappa shape index (κ3) is 4.40. The van der Waals surface area contributed by atoms with Crippen LogP contribution in [0, 0.1) is 16.7 Å². The molecular weight excluding hydrogens is 500 g/mol. The maximum Gasteiger partial charge on any atom is 0.220 e. The second-order valence-electron chi connectivity index (χ2n) is 15.1. The van der Waals surface area contributed by atoms with Gasteiger partial charge in [0.2, 0.25) is 5.91 Å². The Morgan fingerprint density at radius 1 is 1.10 bits per heavy atom. The van der Waals surface area contributed by atoms with Crippen molar-refractivity contribution in [2.75, 3.05) is 27.3 Å². The molecule has 4 saturated carbocycles. The van der Waals surface area contributed by atoms with E-state index in [9.17, 15) is 4.79 Å². The van der Waals surface area contributed by atoms with Crippen molar-refractivity contribution in [2.24, 2.45) is 16.7 Å². The Hall–Kier alpha value is -2.05. The summed E-state index contributed by atoms with van der Waals surface area (Å²) in [5.41, 5.74) is 3.46. The van der Waals surface area contributed by atoms with Crippen molar-refractivity contribution in [3.63, 3.8) is 0 Å². The van der Waals surface area contributed by atoms with Crippen molar-refractivity contribution < 1.29 is 19.0 Å². The first kappa shape index (κ1) is 26.8. The van der Waals surface area contributed by atoms with Crippen molar-refractivity contribution in [2.45, 2.75) is 114 Å². The highest BCUT2D eigenvalue weighted by atomic mass is 16.5. The van der Waals surface area contributed by atoms with Gasteiger partial charge in [-0.2, -0.15) is 0 Å². The molecule has 0 aromatic heterocycles. The number of benzene rings is 1. The summed E-state index contributed by atoms with van der Waals surface area (Å²) in [6.07, 6.45) is 16.9. The number of ether oxygens (including phenoxy) is 3. The molecule has 1 N–H and O–H groups in total. The fraction of sp³-hybridized carbons (Fsp3) is 0.735. The fourth-order valence-corrected chi connectivity index (χ4v) is 10.9. The van der Waals surface area contributed by atoms with Gasteiger partial charge < -0.3 is 19.5 Å². The lowest BCUT2D eigenvalue weighted by molar-refractivity contribution is -0.139. The molecule has 6 heteroatoms. The minimum Gasteiger partial charge on any atom is -0.493 e. The smallest absolute Gasteiger partial charge is 0.220 e. The Bertz CT molecular complexity index is 1190. The van der Waals surface area contributed by atoms with Crippen LogP contribution in [0.15, 0.2) is 24.3 Å². The van der Waals surface area contributed by atoms with E-state index in [4.69, 9.17) is 14.2 Å². The molecule has 2 heterocycles. The maximum absolute atomic E-state index is 13.2. The number of nitrogens with one attached hydrogen (secondary N) is 1. The molecule has 5 atom stereocenters. The van der Waals surface area contributed by atoms with Crippen LogP contribution in [0.25, 0.3) is 0 Å². The van der Waals surface area contributed by atoms with Crippen LogP contribution >= 0.6 is 0 Å².